The largest absolute Gasteiger partial charge is 0.0654 e. The van der Waals surface area contributed by atoms with Gasteiger partial charge in [0.15, 0.2) is 0 Å². The lowest BCUT2D eigenvalue weighted by Gasteiger charge is -2.29. The summed E-state index contributed by atoms with van der Waals surface area (Å²) in [5.74, 6) is 2.14. The van der Waals surface area contributed by atoms with E-state index in [-0.39, 0.29) is 0 Å². The zero-order chi connectivity index (χ0) is 8.81. The predicted octanol–water partition coefficient (Wildman–Crippen LogP) is 4.39. The SMILES string of the molecule is CCC[C@@H](CC)C1CCCCC1. The molecule has 0 N–H and O–H groups in total. The van der Waals surface area contributed by atoms with Gasteiger partial charge in [-0.2, -0.15) is 0 Å². The first-order chi connectivity index (χ1) is 5.88. The lowest BCUT2D eigenvalue weighted by atomic mass is 9.77. The van der Waals surface area contributed by atoms with Crippen molar-refractivity contribution in [1.29, 1.82) is 0 Å². The molecule has 1 aliphatic carbocycles. The zero-order valence-corrected chi connectivity index (χ0v) is 8.81. The van der Waals surface area contributed by atoms with Crippen LogP contribution in [0.3, 0.4) is 0 Å². The van der Waals surface area contributed by atoms with Crippen LogP contribution in [0.5, 0.6) is 0 Å². The lowest BCUT2D eigenvalue weighted by molar-refractivity contribution is 0.229. The maximum atomic E-state index is 2.37. The van der Waals surface area contributed by atoms with Gasteiger partial charge in [0, 0.05) is 0 Å². The van der Waals surface area contributed by atoms with Gasteiger partial charge < -0.3 is 0 Å². The van der Waals surface area contributed by atoms with Gasteiger partial charge in [0.1, 0.15) is 0 Å². The van der Waals surface area contributed by atoms with E-state index in [1.807, 2.05) is 0 Å². The number of rotatable bonds is 4. The van der Waals surface area contributed by atoms with E-state index in [4.69, 9.17) is 0 Å². The first-order valence-corrected chi connectivity index (χ1v) is 5.88. The maximum absolute atomic E-state index is 2.37. The molecule has 0 radical (unpaired) electrons. The summed E-state index contributed by atoms with van der Waals surface area (Å²) >= 11 is 0. The van der Waals surface area contributed by atoms with Gasteiger partial charge in [-0.25, -0.2) is 0 Å². The van der Waals surface area contributed by atoms with Crippen molar-refractivity contribution < 1.29 is 0 Å². The monoisotopic (exact) mass is 168 g/mol. The Hall–Kier alpha value is 0. The molecule has 0 aliphatic heterocycles. The van der Waals surface area contributed by atoms with Crippen molar-refractivity contribution in [2.75, 3.05) is 0 Å². The third-order valence-electron chi connectivity index (χ3n) is 3.50. The topological polar surface area (TPSA) is 0 Å². The Balaban J connectivity index is 2.29. The van der Waals surface area contributed by atoms with Gasteiger partial charge in [0.05, 0.1) is 0 Å². The molecule has 0 nitrogen and oxygen atoms in total. The van der Waals surface area contributed by atoms with E-state index in [0.717, 1.165) is 11.8 Å². The quantitative estimate of drug-likeness (QED) is 0.584. The highest BCUT2D eigenvalue weighted by molar-refractivity contribution is 4.72. The molecule has 1 saturated carbocycles. The van der Waals surface area contributed by atoms with Crippen molar-refractivity contribution in [3.63, 3.8) is 0 Å². The van der Waals surface area contributed by atoms with Gasteiger partial charge in [-0.05, 0) is 11.8 Å². The highest BCUT2D eigenvalue weighted by Crippen LogP contribution is 2.33. The van der Waals surface area contributed by atoms with Crippen molar-refractivity contribution in [2.24, 2.45) is 11.8 Å². The molecule has 0 amide bonds. The summed E-state index contributed by atoms with van der Waals surface area (Å²) < 4.78 is 0. The Morgan fingerprint density at radius 3 is 2.25 bits per heavy atom. The molecule has 72 valence electrons. The number of hydrogen-bond donors (Lipinski definition) is 0. The average molecular weight is 168 g/mol. The molecule has 0 unspecified atom stereocenters. The molecule has 12 heavy (non-hydrogen) atoms. The first kappa shape index (κ1) is 10.1. The van der Waals surface area contributed by atoms with Crippen LogP contribution in [0.1, 0.15) is 65.2 Å². The first-order valence-electron chi connectivity index (χ1n) is 5.88. The van der Waals surface area contributed by atoms with Crippen LogP contribution in [-0.2, 0) is 0 Å². The molecular formula is C12H24. The molecule has 0 aromatic rings. The van der Waals surface area contributed by atoms with Crippen LogP contribution in [0.4, 0.5) is 0 Å². The van der Waals surface area contributed by atoms with E-state index in [0.29, 0.717) is 0 Å². The molecule has 0 saturated heterocycles. The minimum Gasteiger partial charge on any atom is -0.0654 e. The van der Waals surface area contributed by atoms with Crippen LogP contribution in [0.25, 0.3) is 0 Å². The summed E-state index contributed by atoms with van der Waals surface area (Å²) in [7, 11) is 0. The van der Waals surface area contributed by atoms with E-state index in [2.05, 4.69) is 13.8 Å². The summed E-state index contributed by atoms with van der Waals surface area (Å²) in [5.41, 5.74) is 0. The molecule has 1 aliphatic rings. The van der Waals surface area contributed by atoms with E-state index < -0.39 is 0 Å². The summed E-state index contributed by atoms with van der Waals surface area (Å²) in [6.07, 6.45) is 11.8. The van der Waals surface area contributed by atoms with Crippen LogP contribution < -0.4 is 0 Å². The highest BCUT2D eigenvalue weighted by atomic mass is 14.3. The van der Waals surface area contributed by atoms with Crippen molar-refractivity contribution in [2.45, 2.75) is 65.2 Å². The third kappa shape index (κ3) is 2.80. The predicted molar refractivity (Wildman–Crippen MR) is 55.3 cm³/mol. The highest BCUT2D eigenvalue weighted by Gasteiger charge is 2.20. The van der Waals surface area contributed by atoms with Crippen LogP contribution in [0, 0.1) is 11.8 Å². The van der Waals surface area contributed by atoms with Crippen molar-refractivity contribution in [3.8, 4) is 0 Å². The van der Waals surface area contributed by atoms with Crippen molar-refractivity contribution in [3.05, 3.63) is 0 Å². The van der Waals surface area contributed by atoms with Crippen LogP contribution in [0.15, 0.2) is 0 Å². The van der Waals surface area contributed by atoms with Crippen LogP contribution >= 0.6 is 0 Å². The standard InChI is InChI=1S/C12H24/c1-3-8-11(4-2)12-9-6-5-7-10-12/h11-12H,3-10H2,1-2H3/t11-/m1/s1. The Labute approximate surface area is 77.7 Å². The normalized spacial score (nSPS) is 22.5. The Morgan fingerprint density at radius 1 is 1.08 bits per heavy atom. The van der Waals surface area contributed by atoms with E-state index in [1.165, 1.54) is 51.4 Å². The fraction of sp³-hybridized carbons (Fsp3) is 1.00. The molecule has 0 aromatic carbocycles. The van der Waals surface area contributed by atoms with Gasteiger partial charge in [-0.3, -0.25) is 0 Å². The second kappa shape index (κ2) is 5.61. The lowest BCUT2D eigenvalue weighted by Crippen LogP contribution is -2.17. The molecule has 0 heterocycles. The van der Waals surface area contributed by atoms with Crippen molar-refractivity contribution >= 4 is 0 Å². The smallest absolute Gasteiger partial charge is 0.0386 e. The Kier molecular flexibility index (Phi) is 4.72. The van der Waals surface area contributed by atoms with Gasteiger partial charge >= 0.3 is 0 Å². The summed E-state index contributed by atoms with van der Waals surface area (Å²) in [6.45, 7) is 4.69. The van der Waals surface area contributed by atoms with E-state index in [9.17, 15) is 0 Å². The Bertz CT molecular complexity index is 97.9. The van der Waals surface area contributed by atoms with Gasteiger partial charge in [0.2, 0.25) is 0 Å². The van der Waals surface area contributed by atoms with Crippen molar-refractivity contribution in [1.82, 2.24) is 0 Å². The molecule has 1 fully saturated rings. The van der Waals surface area contributed by atoms with Gasteiger partial charge in [-0.1, -0.05) is 65.2 Å². The third-order valence-corrected chi connectivity index (χ3v) is 3.50. The van der Waals surface area contributed by atoms with Gasteiger partial charge in [-0.15, -0.1) is 0 Å². The number of hydrogen-bond acceptors (Lipinski definition) is 0. The zero-order valence-electron chi connectivity index (χ0n) is 8.81. The minimum absolute atomic E-state index is 1.05. The van der Waals surface area contributed by atoms with Crippen LogP contribution in [-0.4, -0.2) is 0 Å². The minimum atomic E-state index is 1.05. The summed E-state index contributed by atoms with van der Waals surface area (Å²) in [6, 6.07) is 0. The maximum Gasteiger partial charge on any atom is -0.0386 e. The average Bonchev–Trinajstić information content (AvgIpc) is 2.15. The van der Waals surface area contributed by atoms with E-state index >= 15 is 0 Å². The molecule has 1 atom stereocenters. The van der Waals surface area contributed by atoms with E-state index in [1.54, 1.807) is 0 Å². The Morgan fingerprint density at radius 2 is 1.75 bits per heavy atom. The second-order valence-corrected chi connectivity index (χ2v) is 4.36. The molecule has 0 heteroatoms. The second-order valence-electron chi connectivity index (χ2n) is 4.36. The molecule has 0 bridgehead atoms. The molecule has 0 aromatic heterocycles. The fourth-order valence-electron chi connectivity index (χ4n) is 2.75. The van der Waals surface area contributed by atoms with Crippen LogP contribution in [0.2, 0.25) is 0 Å². The summed E-state index contributed by atoms with van der Waals surface area (Å²) in [4.78, 5) is 0. The molecule has 1 rings (SSSR count). The molecular weight excluding hydrogens is 144 g/mol. The summed E-state index contributed by atoms with van der Waals surface area (Å²) in [5, 5.41) is 0. The van der Waals surface area contributed by atoms with Gasteiger partial charge in [0.25, 0.3) is 0 Å². The fourth-order valence-corrected chi connectivity index (χ4v) is 2.75. The molecule has 0 spiro atoms.